The molecule has 11 heteroatoms. The van der Waals surface area contributed by atoms with Gasteiger partial charge < -0.3 is 15.0 Å². The lowest BCUT2D eigenvalue weighted by Gasteiger charge is -2.19. The van der Waals surface area contributed by atoms with E-state index >= 15 is 0 Å². The second-order valence-electron chi connectivity index (χ2n) is 7.27. The molecule has 0 aromatic carbocycles. The van der Waals surface area contributed by atoms with Gasteiger partial charge in [-0.2, -0.15) is 18.4 Å². The van der Waals surface area contributed by atoms with Crippen LogP contribution in [0.5, 0.6) is 0 Å². The summed E-state index contributed by atoms with van der Waals surface area (Å²) in [7, 11) is 1.42. The number of likely N-dealkylation sites (N-methyl/N-ethyl adjacent to an activating group) is 1. The number of nitrogens with one attached hydrogen (secondary N) is 1. The van der Waals surface area contributed by atoms with Crippen LogP contribution in [0.2, 0.25) is 0 Å². The third-order valence-corrected chi connectivity index (χ3v) is 4.87. The van der Waals surface area contributed by atoms with E-state index in [4.69, 9.17) is 21.6 Å². The second-order valence-corrected chi connectivity index (χ2v) is 7.70. The van der Waals surface area contributed by atoms with Crippen molar-refractivity contribution in [2.24, 2.45) is 10.9 Å². The molecule has 1 unspecified atom stereocenters. The summed E-state index contributed by atoms with van der Waals surface area (Å²) in [4.78, 5) is 29.8. The van der Waals surface area contributed by atoms with Gasteiger partial charge in [0.05, 0.1) is 31.3 Å². The molecule has 1 saturated carbocycles. The zero-order valence-corrected chi connectivity index (χ0v) is 17.5. The lowest BCUT2D eigenvalue weighted by atomic mass is 9.97. The van der Waals surface area contributed by atoms with Crippen molar-refractivity contribution in [3.05, 3.63) is 35.0 Å². The number of ether oxygens (including phenoxy) is 1. The first-order valence-electron chi connectivity index (χ1n) is 9.47. The van der Waals surface area contributed by atoms with Gasteiger partial charge >= 0.3 is 6.18 Å². The monoisotopic (exact) mass is 458 g/mol. The molecule has 0 heterocycles. The van der Waals surface area contributed by atoms with Gasteiger partial charge in [-0.15, -0.1) is 0 Å². The predicted molar refractivity (Wildman–Crippen MR) is 108 cm³/mol. The molecule has 31 heavy (non-hydrogen) atoms. The SMILES string of the molecule is CN(CC(=O)NC1(C#N)CC1)C(=O)/C=C(\N=C\OCCC(F)(F)F)C1C=CC(Cl)=CC1. The van der Waals surface area contributed by atoms with Crippen LogP contribution in [-0.4, -0.2) is 55.0 Å². The van der Waals surface area contributed by atoms with Gasteiger partial charge in [0.15, 0.2) is 6.40 Å². The summed E-state index contributed by atoms with van der Waals surface area (Å²) < 4.78 is 41.4. The van der Waals surface area contributed by atoms with Gasteiger partial charge in [-0.3, -0.25) is 9.59 Å². The van der Waals surface area contributed by atoms with Crippen molar-refractivity contribution in [3.8, 4) is 6.07 Å². The third-order valence-electron chi connectivity index (χ3n) is 4.59. The van der Waals surface area contributed by atoms with E-state index in [0.29, 0.717) is 24.3 Å². The van der Waals surface area contributed by atoms with Crippen molar-refractivity contribution in [1.29, 1.82) is 5.26 Å². The third kappa shape index (κ3) is 8.45. The Morgan fingerprint density at radius 3 is 2.74 bits per heavy atom. The minimum absolute atomic E-state index is 0.247. The van der Waals surface area contributed by atoms with Crippen molar-refractivity contribution in [2.45, 2.75) is 37.4 Å². The molecule has 1 N–H and O–H groups in total. The number of carbonyl (C=O) groups excluding carboxylic acids is 2. The molecule has 1 fully saturated rings. The quantitative estimate of drug-likeness (QED) is 0.248. The zero-order valence-electron chi connectivity index (χ0n) is 16.8. The minimum atomic E-state index is -4.34. The van der Waals surface area contributed by atoms with E-state index in [-0.39, 0.29) is 18.2 Å². The molecule has 0 aromatic heterocycles. The van der Waals surface area contributed by atoms with Crippen molar-refractivity contribution < 1.29 is 27.5 Å². The standard InChI is InChI=1S/C20H22ClF3N4O3/c1-28(11-17(29)27-19(12-25)6-7-19)18(30)10-16(14-2-4-15(21)5-3-14)26-13-31-9-8-20(22,23)24/h2,4-5,10,13-14H,3,6-9,11H2,1H3,(H,27,29)/b16-10-,26-13+. The molecule has 7 nitrogen and oxygen atoms in total. The molecule has 2 amide bonds. The van der Waals surface area contributed by atoms with Crippen LogP contribution in [0.1, 0.15) is 25.7 Å². The van der Waals surface area contributed by atoms with Crippen LogP contribution in [0.15, 0.2) is 40.0 Å². The van der Waals surface area contributed by atoms with Crippen molar-refractivity contribution in [1.82, 2.24) is 10.2 Å². The summed E-state index contributed by atoms with van der Waals surface area (Å²) in [6, 6.07) is 2.03. The summed E-state index contributed by atoms with van der Waals surface area (Å²) in [5.41, 5.74) is -0.588. The fraction of sp³-hybridized carbons (Fsp3) is 0.500. The highest BCUT2D eigenvalue weighted by molar-refractivity contribution is 6.31. The number of allylic oxidation sites excluding steroid dienone is 4. The van der Waals surface area contributed by atoms with Crippen molar-refractivity contribution >= 4 is 29.8 Å². The van der Waals surface area contributed by atoms with E-state index in [2.05, 4.69) is 10.3 Å². The van der Waals surface area contributed by atoms with Crippen LogP contribution in [-0.2, 0) is 14.3 Å². The molecule has 0 bridgehead atoms. The molecule has 1 atom stereocenters. The van der Waals surface area contributed by atoms with E-state index in [1.54, 1.807) is 18.2 Å². The highest BCUT2D eigenvalue weighted by Gasteiger charge is 2.44. The largest absolute Gasteiger partial charge is 0.483 e. The Kier molecular flexibility index (Phi) is 8.28. The molecule has 0 radical (unpaired) electrons. The van der Waals surface area contributed by atoms with Gasteiger partial charge in [-0.1, -0.05) is 23.8 Å². The van der Waals surface area contributed by atoms with Crippen molar-refractivity contribution in [2.75, 3.05) is 20.2 Å². The highest BCUT2D eigenvalue weighted by atomic mass is 35.5. The molecule has 0 saturated heterocycles. The Hall–Kier alpha value is -2.80. The van der Waals surface area contributed by atoms with Crippen molar-refractivity contribution in [3.63, 3.8) is 0 Å². The van der Waals surface area contributed by atoms with Crippen LogP contribution in [0.3, 0.4) is 0 Å². The maximum Gasteiger partial charge on any atom is 0.392 e. The zero-order chi connectivity index (χ0) is 23.1. The van der Waals surface area contributed by atoms with Crippen LogP contribution in [0.4, 0.5) is 13.2 Å². The Morgan fingerprint density at radius 1 is 1.48 bits per heavy atom. The molecule has 2 rings (SSSR count). The topological polar surface area (TPSA) is 94.8 Å². The number of nitriles is 1. The van der Waals surface area contributed by atoms with Gasteiger partial charge in [-0.25, -0.2) is 4.99 Å². The Labute approximate surface area is 182 Å². The van der Waals surface area contributed by atoms with E-state index in [1.165, 1.54) is 13.1 Å². The predicted octanol–water partition coefficient (Wildman–Crippen LogP) is 3.20. The number of amides is 2. The van der Waals surface area contributed by atoms with Gasteiger partial charge in [0, 0.05) is 24.1 Å². The van der Waals surface area contributed by atoms with E-state index in [9.17, 15) is 22.8 Å². The molecule has 2 aliphatic rings. The maximum absolute atomic E-state index is 12.5. The van der Waals surface area contributed by atoms with E-state index in [1.807, 2.05) is 6.07 Å². The molecule has 2 aliphatic carbocycles. The number of halogens is 4. The second kappa shape index (κ2) is 10.5. The average molecular weight is 459 g/mol. The van der Waals surface area contributed by atoms with Crippen LogP contribution in [0.25, 0.3) is 0 Å². The normalized spacial score (nSPS) is 20.1. The summed E-state index contributed by atoms with van der Waals surface area (Å²) >= 11 is 5.90. The van der Waals surface area contributed by atoms with Gasteiger partial charge in [0.2, 0.25) is 11.8 Å². The lowest BCUT2D eigenvalue weighted by molar-refractivity contribution is -0.140. The first-order chi connectivity index (χ1) is 14.5. The number of alkyl halides is 3. The molecule has 0 spiro atoms. The summed E-state index contributed by atoms with van der Waals surface area (Å²) in [6.45, 7) is -0.856. The Balaban J connectivity index is 2.01. The number of hydrogen-bond donors (Lipinski definition) is 1. The molecule has 0 aromatic rings. The van der Waals surface area contributed by atoms with Crippen LogP contribution >= 0.6 is 11.6 Å². The summed E-state index contributed by atoms with van der Waals surface area (Å²) in [5, 5.41) is 12.1. The van der Waals surface area contributed by atoms with Gasteiger partial charge in [-0.05, 0) is 25.3 Å². The minimum Gasteiger partial charge on any atom is -0.483 e. The Bertz CT molecular complexity index is 855. The van der Waals surface area contributed by atoms with E-state index < -0.39 is 36.6 Å². The first kappa shape index (κ1) is 24.5. The van der Waals surface area contributed by atoms with E-state index in [0.717, 1.165) is 11.3 Å². The molecule has 0 aliphatic heterocycles. The summed E-state index contributed by atoms with van der Waals surface area (Å²) in [5.74, 6) is -1.34. The highest BCUT2D eigenvalue weighted by Crippen LogP contribution is 2.34. The molecular weight excluding hydrogens is 437 g/mol. The number of carbonyl (C=O) groups is 2. The average Bonchev–Trinajstić information content (AvgIpc) is 3.46. The van der Waals surface area contributed by atoms with Crippen LogP contribution < -0.4 is 5.32 Å². The van der Waals surface area contributed by atoms with Crippen LogP contribution in [0, 0.1) is 17.2 Å². The van der Waals surface area contributed by atoms with Gasteiger partial charge in [0.25, 0.3) is 0 Å². The number of nitrogens with zero attached hydrogens (tertiary/aromatic N) is 3. The smallest absolute Gasteiger partial charge is 0.392 e. The number of hydrogen-bond acceptors (Lipinski definition) is 5. The van der Waals surface area contributed by atoms with Gasteiger partial charge in [0.1, 0.15) is 5.54 Å². The number of rotatable bonds is 9. The fourth-order valence-electron chi connectivity index (χ4n) is 2.61. The maximum atomic E-state index is 12.5. The first-order valence-corrected chi connectivity index (χ1v) is 9.85. The number of aliphatic imine (C=N–C) groups is 1. The lowest BCUT2D eigenvalue weighted by Crippen LogP contribution is -2.43. The molecule has 168 valence electrons. The molecular formula is C20H22ClF3N4O3. The fourth-order valence-corrected chi connectivity index (χ4v) is 2.77. The Morgan fingerprint density at radius 2 is 2.19 bits per heavy atom. The summed E-state index contributed by atoms with van der Waals surface area (Å²) in [6.07, 6.45) is 3.24.